The third-order valence-electron chi connectivity index (χ3n) is 4.80. The van der Waals surface area contributed by atoms with Gasteiger partial charge in [0.1, 0.15) is 19.7 Å². The Morgan fingerprint density at radius 3 is 2.81 bits per heavy atom. The van der Waals surface area contributed by atoms with Gasteiger partial charge in [-0.2, -0.15) is 10.4 Å². The number of hydrogen-bond acceptors (Lipinski definition) is 6. The fourth-order valence-corrected chi connectivity index (χ4v) is 3.19. The maximum atomic E-state index is 12.0. The first-order chi connectivity index (χ1) is 15.2. The molecule has 0 aromatic heterocycles. The molecule has 1 fully saturated rings. The molecule has 0 saturated carbocycles. The van der Waals surface area contributed by atoms with Crippen molar-refractivity contribution < 1.29 is 23.9 Å². The van der Waals surface area contributed by atoms with E-state index >= 15 is 0 Å². The largest absolute Gasteiger partial charge is 0.490 e. The Kier molecular flexibility index (Phi) is 8.40. The molecule has 1 amide bonds. The molecule has 8 heteroatoms. The number of nitriles is 1. The Balaban J connectivity index is 1.59. The van der Waals surface area contributed by atoms with Gasteiger partial charge in [-0.15, -0.1) is 0 Å². The molecule has 2 aromatic rings. The standard InChI is InChI=1S/C23H26N4O4/c1-2-30-22-13-18(15-25-26-23(28)16-27-9-11-29-12-10-27)7-8-21(22)31-17-20-6-4-3-5-19(20)14-24/h3-8,13,15H,2,9-12,16-17H2,1H3,(H,26,28)/p+1/b25-15-. The van der Waals surface area contributed by atoms with Gasteiger partial charge in [0, 0.05) is 5.56 Å². The van der Waals surface area contributed by atoms with Crippen molar-refractivity contribution in [3.63, 3.8) is 0 Å². The quantitative estimate of drug-likeness (QED) is 0.461. The van der Waals surface area contributed by atoms with Gasteiger partial charge in [0.15, 0.2) is 18.0 Å². The van der Waals surface area contributed by atoms with E-state index in [-0.39, 0.29) is 12.5 Å². The number of hydrogen-bond donors (Lipinski definition) is 2. The van der Waals surface area contributed by atoms with Crippen molar-refractivity contribution in [2.75, 3.05) is 39.5 Å². The Labute approximate surface area is 182 Å². The summed E-state index contributed by atoms with van der Waals surface area (Å²) in [7, 11) is 0. The Morgan fingerprint density at radius 2 is 2.03 bits per heavy atom. The molecule has 0 spiro atoms. The number of nitrogens with one attached hydrogen (secondary N) is 2. The minimum Gasteiger partial charge on any atom is -0.490 e. The molecule has 0 aliphatic carbocycles. The number of quaternary nitrogens is 1. The van der Waals surface area contributed by atoms with Crippen molar-refractivity contribution in [3.8, 4) is 17.6 Å². The van der Waals surface area contributed by atoms with Crippen molar-refractivity contribution in [2.45, 2.75) is 13.5 Å². The van der Waals surface area contributed by atoms with E-state index in [1.807, 2.05) is 31.2 Å². The van der Waals surface area contributed by atoms with E-state index in [1.165, 1.54) is 4.90 Å². The van der Waals surface area contributed by atoms with E-state index in [1.54, 1.807) is 24.4 Å². The number of nitrogens with zero attached hydrogens (tertiary/aromatic N) is 2. The van der Waals surface area contributed by atoms with Crippen LogP contribution >= 0.6 is 0 Å². The lowest BCUT2D eigenvalue weighted by molar-refractivity contribution is -0.900. The van der Waals surface area contributed by atoms with Gasteiger partial charge in [-0.1, -0.05) is 18.2 Å². The van der Waals surface area contributed by atoms with Crippen LogP contribution < -0.4 is 19.8 Å². The van der Waals surface area contributed by atoms with E-state index in [2.05, 4.69) is 16.6 Å². The van der Waals surface area contributed by atoms with Crippen molar-refractivity contribution in [2.24, 2.45) is 5.10 Å². The smallest absolute Gasteiger partial charge is 0.295 e. The molecule has 0 radical (unpaired) electrons. The summed E-state index contributed by atoms with van der Waals surface area (Å²) in [6.07, 6.45) is 1.57. The van der Waals surface area contributed by atoms with Crippen LogP contribution in [0.3, 0.4) is 0 Å². The van der Waals surface area contributed by atoms with Crippen molar-refractivity contribution in [3.05, 3.63) is 59.2 Å². The molecular weight excluding hydrogens is 396 g/mol. The lowest BCUT2D eigenvalue weighted by Crippen LogP contribution is -3.15. The topological polar surface area (TPSA) is 97.4 Å². The van der Waals surface area contributed by atoms with Crippen LogP contribution in [-0.4, -0.2) is 51.6 Å². The summed E-state index contributed by atoms with van der Waals surface area (Å²) in [5.41, 5.74) is 4.73. The Bertz CT molecular complexity index is 949. The average molecular weight is 423 g/mol. The highest BCUT2D eigenvalue weighted by molar-refractivity contribution is 5.83. The first-order valence-electron chi connectivity index (χ1n) is 10.3. The number of carbonyl (C=O) groups is 1. The second-order valence-electron chi connectivity index (χ2n) is 7.03. The summed E-state index contributed by atoms with van der Waals surface area (Å²) in [6, 6.07) is 14.9. The molecule has 1 aliphatic rings. The van der Waals surface area contributed by atoms with Crippen LogP contribution in [-0.2, 0) is 16.1 Å². The first kappa shape index (κ1) is 22.3. The van der Waals surface area contributed by atoms with Crippen molar-refractivity contribution >= 4 is 12.1 Å². The van der Waals surface area contributed by atoms with Crippen LogP contribution in [0.1, 0.15) is 23.6 Å². The second kappa shape index (κ2) is 11.7. The molecule has 31 heavy (non-hydrogen) atoms. The van der Waals surface area contributed by atoms with E-state index in [9.17, 15) is 10.1 Å². The Hall–Kier alpha value is -3.41. The van der Waals surface area contributed by atoms with Gasteiger partial charge in [-0.05, 0) is 36.8 Å². The van der Waals surface area contributed by atoms with Crippen LogP contribution in [0.2, 0.25) is 0 Å². The number of benzene rings is 2. The highest BCUT2D eigenvalue weighted by Gasteiger charge is 2.17. The SMILES string of the molecule is CCOc1cc(/C=N\NC(=O)C[NH+]2CCOCC2)ccc1OCc1ccccc1C#N. The van der Waals surface area contributed by atoms with Crippen LogP contribution in [0, 0.1) is 11.3 Å². The monoisotopic (exact) mass is 423 g/mol. The molecule has 8 nitrogen and oxygen atoms in total. The predicted molar refractivity (Wildman–Crippen MR) is 115 cm³/mol. The summed E-state index contributed by atoms with van der Waals surface area (Å²) in [6.45, 7) is 6.03. The highest BCUT2D eigenvalue weighted by Crippen LogP contribution is 2.29. The normalized spacial score (nSPS) is 14.2. The summed E-state index contributed by atoms with van der Waals surface area (Å²) in [5, 5.41) is 13.3. The van der Waals surface area contributed by atoms with Gasteiger partial charge in [-0.3, -0.25) is 4.79 Å². The number of rotatable bonds is 9. The molecule has 2 N–H and O–H groups in total. The zero-order valence-corrected chi connectivity index (χ0v) is 17.6. The number of morpholine rings is 1. The average Bonchev–Trinajstić information content (AvgIpc) is 2.79. The van der Waals surface area contributed by atoms with Gasteiger partial charge in [0.25, 0.3) is 5.91 Å². The fraction of sp³-hybridized carbons (Fsp3) is 0.348. The van der Waals surface area contributed by atoms with E-state index in [0.29, 0.717) is 43.4 Å². The zero-order valence-electron chi connectivity index (χ0n) is 17.6. The van der Waals surface area contributed by atoms with Gasteiger partial charge in [-0.25, -0.2) is 5.43 Å². The number of carbonyl (C=O) groups excluding carboxylic acids is 1. The van der Waals surface area contributed by atoms with Crippen LogP contribution in [0.15, 0.2) is 47.6 Å². The maximum absolute atomic E-state index is 12.0. The third kappa shape index (κ3) is 6.81. The maximum Gasteiger partial charge on any atom is 0.295 e. The van der Waals surface area contributed by atoms with Crippen molar-refractivity contribution in [1.82, 2.24) is 5.43 Å². The minimum atomic E-state index is -0.130. The van der Waals surface area contributed by atoms with E-state index < -0.39 is 0 Å². The molecule has 0 atom stereocenters. The summed E-state index contributed by atoms with van der Waals surface area (Å²) in [4.78, 5) is 13.2. The molecule has 1 aliphatic heterocycles. The summed E-state index contributed by atoms with van der Waals surface area (Å²) in [5.74, 6) is 1.02. The lowest BCUT2D eigenvalue weighted by atomic mass is 10.1. The van der Waals surface area contributed by atoms with Crippen LogP contribution in [0.5, 0.6) is 11.5 Å². The summed E-state index contributed by atoms with van der Waals surface area (Å²) < 4.78 is 16.9. The van der Waals surface area contributed by atoms with Crippen LogP contribution in [0.25, 0.3) is 0 Å². The van der Waals surface area contributed by atoms with E-state index in [4.69, 9.17) is 14.2 Å². The van der Waals surface area contributed by atoms with Gasteiger partial charge in [0.05, 0.1) is 37.7 Å². The fourth-order valence-electron chi connectivity index (χ4n) is 3.19. The first-order valence-corrected chi connectivity index (χ1v) is 10.3. The zero-order chi connectivity index (χ0) is 21.9. The third-order valence-corrected chi connectivity index (χ3v) is 4.80. The van der Waals surface area contributed by atoms with Crippen LogP contribution in [0.4, 0.5) is 0 Å². The number of hydrazone groups is 1. The number of ether oxygens (including phenoxy) is 3. The lowest BCUT2D eigenvalue weighted by Gasteiger charge is -2.22. The van der Waals surface area contributed by atoms with Gasteiger partial charge in [0.2, 0.25) is 0 Å². The molecule has 0 bridgehead atoms. The second-order valence-corrected chi connectivity index (χ2v) is 7.03. The number of amides is 1. The van der Waals surface area contributed by atoms with E-state index in [0.717, 1.165) is 24.2 Å². The van der Waals surface area contributed by atoms with Crippen molar-refractivity contribution in [1.29, 1.82) is 5.26 Å². The molecule has 1 heterocycles. The molecule has 0 unspecified atom stereocenters. The molecule has 2 aromatic carbocycles. The molecular formula is C23H27N4O4+. The molecule has 162 valence electrons. The summed E-state index contributed by atoms with van der Waals surface area (Å²) >= 11 is 0. The van der Waals surface area contributed by atoms with Gasteiger partial charge < -0.3 is 19.1 Å². The Morgan fingerprint density at radius 1 is 1.23 bits per heavy atom. The highest BCUT2D eigenvalue weighted by atomic mass is 16.5. The minimum absolute atomic E-state index is 0.130. The van der Waals surface area contributed by atoms with Gasteiger partial charge >= 0.3 is 0 Å². The predicted octanol–water partition coefficient (Wildman–Crippen LogP) is 0.901. The molecule has 3 rings (SSSR count). The molecule has 1 saturated heterocycles.